The maximum Gasteiger partial charge on any atom is 0.194 e. The van der Waals surface area contributed by atoms with Crippen molar-refractivity contribution in [2.24, 2.45) is 10.7 Å². The molecule has 6 heteroatoms. The van der Waals surface area contributed by atoms with Gasteiger partial charge in [-0.1, -0.05) is 115 Å². The van der Waals surface area contributed by atoms with Crippen LogP contribution in [0.15, 0.2) is 120 Å². The summed E-state index contributed by atoms with van der Waals surface area (Å²) in [6.07, 6.45) is 6.12. The van der Waals surface area contributed by atoms with Crippen molar-refractivity contribution in [3.05, 3.63) is 132 Å². The van der Waals surface area contributed by atoms with E-state index < -0.39 is 0 Å². The number of nitrogens with one attached hydrogen (secondary N) is 1. The molecule has 0 aromatic heterocycles. The molecule has 0 amide bonds. The van der Waals surface area contributed by atoms with E-state index in [1.54, 1.807) is 0 Å². The van der Waals surface area contributed by atoms with Crippen LogP contribution >= 0.6 is 0 Å². The maximum atomic E-state index is 9.18. The average Bonchev–Trinajstić information content (AvgIpc) is 3.59. The normalized spacial score (nSPS) is 18.1. The molecule has 6 nitrogen and oxygen atoms in total. The Labute approximate surface area is 268 Å². The smallest absolute Gasteiger partial charge is 0.194 e. The van der Waals surface area contributed by atoms with Gasteiger partial charge < -0.3 is 20.4 Å². The Morgan fingerprint density at radius 2 is 1.20 bits per heavy atom. The van der Waals surface area contributed by atoms with Crippen molar-refractivity contribution < 1.29 is 0 Å². The molecule has 6 rings (SSSR count). The monoisotopic (exact) mass is 598 g/mol. The van der Waals surface area contributed by atoms with Gasteiger partial charge in [0.25, 0.3) is 0 Å². The molecular weight excluding hydrogens is 552 g/mol. The van der Waals surface area contributed by atoms with Crippen LogP contribution in [0.2, 0.25) is 0 Å². The van der Waals surface area contributed by atoms with Crippen molar-refractivity contribution in [2.75, 3.05) is 32.7 Å². The van der Waals surface area contributed by atoms with E-state index in [0.29, 0.717) is 24.0 Å². The van der Waals surface area contributed by atoms with Crippen molar-refractivity contribution >= 4 is 11.9 Å². The van der Waals surface area contributed by atoms with E-state index in [0.717, 1.165) is 71.2 Å². The molecule has 1 saturated heterocycles. The standard InChI is InChI=1S/C39H46N6/c40-38-42-29-36(44(38)26-23-31-12-4-1-5-13-31)18-10-11-25-43-30-37(28-33-14-6-2-7-15-33)45(39(43)41)27-24-32-19-21-35(22-20-32)34-16-8-3-9-17-34/h1-9,12-17,19-22,36-37,41H,10-11,18,23-30H2,(H2,40,42)/t36-,37-/m0/s1. The first kappa shape index (κ1) is 30.4. The SMILES string of the molecule is N=C1N(CCCC[C@H]2CN=C(N)N2CCc2ccccc2)C[C@H](Cc2ccccc2)N1CCc1ccc(-c2ccccc2)cc1. The van der Waals surface area contributed by atoms with Crippen molar-refractivity contribution in [1.82, 2.24) is 14.7 Å². The number of rotatable bonds is 14. The average molecular weight is 599 g/mol. The number of hydrogen-bond acceptors (Lipinski definition) is 4. The summed E-state index contributed by atoms with van der Waals surface area (Å²) in [7, 11) is 0. The topological polar surface area (TPSA) is 71.9 Å². The highest BCUT2D eigenvalue weighted by Gasteiger charge is 2.34. The van der Waals surface area contributed by atoms with E-state index in [1.807, 2.05) is 0 Å². The van der Waals surface area contributed by atoms with Crippen molar-refractivity contribution in [1.29, 1.82) is 5.41 Å². The lowest BCUT2D eigenvalue weighted by atomic mass is 10.0. The number of benzene rings is 4. The fraction of sp³-hybridized carbons (Fsp3) is 0.333. The Bertz CT molecular complexity index is 1520. The number of aliphatic imine (C=N–C) groups is 1. The minimum Gasteiger partial charge on any atom is -0.370 e. The second kappa shape index (κ2) is 14.9. The lowest BCUT2D eigenvalue weighted by Crippen LogP contribution is -2.42. The van der Waals surface area contributed by atoms with Gasteiger partial charge in [-0.2, -0.15) is 0 Å². The van der Waals surface area contributed by atoms with Crippen molar-refractivity contribution in [3.63, 3.8) is 0 Å². The van der Waals surface area contributed by atoms with Crippen LogP contribution in [0.5, 0.6) is 0 Å². The van der Waals surface area contributed by atoms with Gasteiger partial charge in [-0.05, 0) is 66.3 Å². The van der Waals surface area contributed by atoms with Crippen LogP contribution in [-0.2, 0) is 19.3 Å². The van der Waals surface area contributed by atoms with E-state index in [9.17, 15) is 5.41 Å². The van der Waals surface area contributed by atoms with Crippen LogP contribution in [0, 0.1) is 5.41 Å². The highest BCUT2D eigenvalue weighted by atomic mass is 15.4. The molecule has 0 spiro atoms. The van der Waals surface area contributed by atoms with E-state index >= 15 is 0 Å². The Hall–Kier alpha value is -4.58. The molecular formula is C39H46N6. The zero-order chi connectivity index (χ0) is 30.8. The largest absolute Gasteiger partial charge is 0.370 e. The summed E-state index contributed by atoms with van der Waals surface area (Å²) in [5.74, 6) is 1.36. The molecule has 2 aliphatic rings. The zero-order valence-corrected chi connectivity index (χ0v) is 26.3. The summed E-state index contributed by atoms with van der Waals surface area (Å²) in [5.41, 5.74) is 12.8. The Kier molecular flexibility index (Phi) is 10.1. The van der Waals surface area contributed by atoms with E-state index in [1.165, 1.54) is 27.8 Å². The highest BCUT2D eigenvalue weighted by Crippen LogP contribution is 2.23. The molecule has 4 aromatic rings. The molecule has 232 valence electrons. The highest BCUT2D eigenvalue weighted by molar-refractivity contribution is 5.80. The van der Waals surface area contributed by atoms with E-state index in [4.69, 9.17) is 5.73 Å². The summed E-state index contributed by atoms with van der Waals surface area (Å²) in [5, 5.41) is 9.18. The van der Waals surface area contributed by atoms with Crippen molar-refractivity contribution in [2.45, 2.75) is 50.6 Å². The summed E-state index contributed by atoms with van der Waals surface area (Å²) in [4.78, 5) is 11.5. The first-order valence-corrected chi connectivity index (χ1v) is 16.5. The Balaban J connectivity index is 1.02. The van der Waals surface area contributed by atoms with Gasteiger partial charge >= 0.3 is 0 Å². The fourth-order valence-corrected chi connectivity index (χ4v) is 6.78. The third kappa shape index (κ3) is 7.93. The summed E-state index contributed by atoms with van der Waals surface area (Å²) < 4.78 is 0. The Morgan fingerprint density at radius 1 is 0.622 bits per heavy atom. The van der Waals surface area contributed by atoms with E-state index in [-0.39, 0.29) is 0 Å². The number of hydrogen-bond donors (Lipinski definition) is 2. The number of unbranched alkanes of at least 4 members (excludes halogenated alkanes) is 1. The van der Waals surface area contributed by atoms with Gasteiger partial charge in [0.05, 0.1) is 18.6 Å². The molecule has 0 unspecified atom stereocenters. The lowest BCUT2D eigenvalue weighted by Gasteiger charge is -2.27. The molecule has 4 aromatic carbocycles. The van der Waals surface area contributed by atoms with E-state index in [2.05, 4.69) is 135 Å². The molecule has 2 atom stereocenters. The van der Waals surface area contributed by atoms with Crippen LogP contribution in [0.4, 0.5) is 0 Å². The Morgan fingerprint density at radius 3 is 1.89 bits per heavy atom. The molecule has 0 bridgehead atoms. The molecule has 0 aliphatic carbocycles. The van der Waals surface area contributed by atoms with Crippen LogP contribution in [0.1, 0.15) is 36.0 Å². The first-order chi connectivity index (χ1) is 22.1. The fourth-order valence-electron chi connectivity index (χ4n) is 6.78. The first-order valence-electron chi connectivity index (χ1n) is 16.5. The number of nitrogens with two attached hydrogens (primary N) is 1. The van der Waals surface area contributed by atoms with Crippen LogP contribution < -0.4 is 5.73 Å². The number of guanidine groups is 2. The predicted octanol–water partition coefficient (Wildman–Crippen LogP) is 6.47. The second-order valence-corrected chi connectivity index (χ2v) is 12.4. The van der Waals surface area contributed by atoms with Crippen molar-refractivity contribution in [3.8, 4) is 11.1 Å². The maximum absolute atomic E-state index is 9.18. The lowest BCUT2D eigenvalue weighted by molar-refractivity contribution is 0.312. The molecule has 1 fully saturated rings. The van der Waals surface area contributed by atoms with Gasteiger partial charge in [0.1, 0.15) is 0 Å². The van der Waals surface area contributed by atoms with Crippen LogP contribution in [0.3, 0.4) is 0 Å². The molecule has 2 heterocycles. The minimum absolute atomic E-state index is 0.306. The zero-order valence-electron chi connectivity index (χ0n) is 26.3. The van der Waals surface area contributed by atoms with Gasteiger partial charge in [0.2, 0.25) is 0 Å². The summed E-state index contributed by atoms with van der Waals surface area (Å²) in [6.45, 7) is 4.38. The third-order valence-electron chi connectivity index (χ3n) is 9.36. The molecule has 0 saturated carbocycles. The van der Waals surface area contributed by atoms with Crippen LogP contribution in [0.25, 0.3) is 11.1 Å². The third-order valence-corrected chi connectivity index (χ3v) is 9.36. The molecule has 3 N–H and O–H groups in total. The minimum atomic E-state index is 0.306. The predicted molar refractivity (Wildman–Crippen MR) is 187 cm³/mol. The van der Waals surface area contributed by atoms with Gasteiger partial charge in [-0.25, -0.2) is 0 Å². The van der Waals surface area contributed by atoms with Gasteiger partial charge in [0.15, 0.2) is 11.9 Å². The molecule has 2 aliphatic heterocycles. The summed E-state index contributed by atoms with van der Waals surface area (Å²) in [6, 6.07) is 41.5. The summed E-state index contributed by atoms with van der Waals surface area (Å²) >= 11 is 0. The second-order valence-electron chi connectivity index (χ2n) is 12.4. The molecule has 0 radical (unpaired) electrons. The number of nitrogens with zero attached hydrogens (tertiary/aromatic N) is 4. The van der Waals surface area contributed by atoms with Crippen LogP contribution in [-0.4, -0.2) is 71.4 Å². The molecule has 45 heavy (non-hydrogen) atoms. The van der Waals surface area contributed by atoms with Gasteiger partial charge in [0, 0.05) is 26.2 Å². The quantitative estimate of drug-likeness (QED) is 0.163. The van der Waals surface area contributed by atoms with Gasteiger partial charge in [-0.15, -0.1) is 0 Å². The van der Waals surface area contributed by atoms with Gasteiger partial charge in [-0.3, -0.25) is 10.4 Å².